The van der Waals surface area contributed by atoms with Gasteiger partial charge in [0.15, 0.2) is 9.84 Å². The standard InChI is InChI=1S/C16H20N4O5S/c1-10(13-5-7-14(8-6-13)26(4,24)25)17-15(21)9-19-12(3)16(20(22)23)11(2)18-19/h5-8,10H,9H2,1-4H3,(H,17,21). The molecule has 0 aliphatic carbocycles. The summed E-state index contributed by atoms with van der Waals surface area (Å²) in [6.45, 7) is 4.67. The molecule has 140 valence electrons. The molecule has 10 heteroatoms. The third kappa shape index (κ3) is 4.26. The molecule has 0 fully saturated rings. The van der Waals surface area contributed by atoms with Crippen molar-refractivity contribution in [2.24, 2.45) is 0 Å². The van der Waals surface area contributed by atoms with Crippen LogP contribution in [0.4, 0.5) is 5.69 Å². The molecule has 0 saturated carbocycles. The second-order valence-electron chi connectivity index (χ2n) is 6.06. The van der Waals surface area contributed by atoms with E-state index in [1.54, 1.807) is 26.0 Å². The summed E-state index contributed by atoms with van der Waals surface area (Å²) in [5, 5.41) is 17.8. The predicted molar refractivity (Wildman–Crippen MR) is 94.5 cm³/mol. The maximum atomic E-state index is 12.2. The highest BCUT2D eigenvalue weighted by atomic mass is 32.2. The number of benzene rings is 1. The molecule has 2 aromatic rings. The fourth-order valence-corrected chi connectivity index (χ4v) is 3.25. The number of sulfone groups is 1. The normalized spacial score (nSPS) is 12.6. The lowest BCUT2D eigenvalue weighted by atomic mass is 10.1. The Labute approximate surface area is 151 Å². The highest BCUT2D eigenvalue weighted by Gasteiger charge is 2.23. The lowest BCUT2D eigenvalue weighted by Gasteiger charge is -2.15. The van der Waals surface area contributed by atoms with E-state index < -0.39 is 14.8 Å². The number of aromatic nitrogens is 2. The molecule has 9 nitrogen and oxygen atoms in total. The molecule has 1 N–H and O–H groups in total. The molecule has 26 heavy (non-hydrogen) atoms. The summed E-state index contributed by atoms with van der Waals surface area (Å²) in [7, 11) is -3.28. The molecule has 0 bridgehead atoms. The van der Waals surface area contributed by atoms with Crippen molar-refractivity contribution in [1.82, 2.24) is 15.1 Å². The fourth-order valence-electron chi connectivity index (χ4n) is 2.62. The number of carbonyl (C=O) groups excluding carboxylic acids is 1. The highest BCUT2D eigenvalue weighted by Crippen LogP contribution is 2.22. The smallest absolute Gasteiger partial charge is 0.312 e. The van der Waals surface area contributed by atoms with Gasteiger partial charge in [0.2, 0.25) is 5.91 Å². The number of hydrogen-bond acceptors (Lipinski definition) is 6. The zero-order valence-electron chi connectivity index (χ0n) is 14.9. The van der Waals surface area contributed by atoms with E-state index in [0.29, 0.717) is 5.69 Å². The quantitative estimate of drug-likeness (QED) is 0.601. The van der Waals surface area contributed by atoms with Gasteiger partial charge in [0.1, 0.15) is 17.9 Å². The van der Waals surface area contributed by atoms with Crippen molar-refractivity contribution in [3.8, 4) is 0 Å². The Hall–Kier alpha value is -2.75. The van der Waals surface area contributed by atoms with Crippen molar-refractivity contribution in [3.05, 3.63) is 51.3 Å². The number of nitrogens with zero attached hydrogens (tertiary/aromatic N) is 3. The van der Waals surface area contributed by atoms with Crippen LogP contribution in [0.25, 0.3) is 0 Å². The Bertz CT molecular complexity index is 948. The molecule has 1 heterocycles. The highest BCUT2D eigenvalue weighted by molar-refractivity contribution is 7.90. The Morgan fingerprint density at radius 2 is 1.88 bits per heavy atom. The maximum absolute atomic E-state index is 12.2. The van der Waals surface area contributed by atoms with Gasteiger partial charge in [-0.3, -0.25) is 19.6 Å². The van der Waals surface area contributed by atoms with Crippen molar-refractivity contribution in [2.75, 3.05) is 6.26 Å². The van der Waals surface area contributed by atoms with Gasteiger partial charge >= 0.3 is 5.69 Å². The second-order valence-corrected chi connectivity index (χ2v) is 8.08. The average Bonchev–Trinajstić information content (AvgIpc) is 2.80. The van der Waals surface area contributed by atoms with E-state index in [1.807, 2.05) is 0 Å². The van der Waals surface area contributed by atoms with Crippen LogP contribution in [0, 0.1) is 24.0 Å². The van der Waals surface area contributed by atoms with E-state index in [4.69, 9.17) is 0 Å². The molecular formula is C16H20N4O5S. The monoisotopic (exact) mass is 380 g/mol. The Kier molecular flexibility index (Phi) is 5.45. The molecule has 2 rings (SSSR count). The summed E-state index contributed by atoms with van der Waals surface area (Å²) < 4.78 is 24.2. The van der Waals surface area contributed by atoms with Gasteiger partial charge < -0.3 is 5.32 Å². The van der Waals surface area contributed by atoms with Gasteiger partial charge in [-0.2, -0.15) is 5.10 Å². The summed E-state index contributed by atoms with van der Waals surface area (Å²) in [5.41, 5.74) is 1.21. The second kappa shape index (κ2) is 7.24. The molecule has 1 unspecified atom stereocenters. The molecular weight excluding hydrogens is 360 g/mol. The lowest BCUT2D eigenvalue weighted by Crippen LogP contribution is -2.30. The van der Waals surface area contributed by atoms with Crippen LogP contribution >= 0.6 is 0 Å². The number of hydrogen-bond donors (Lipinski definition) is 1. The van der Waals surface area contributed by atoms with Crippen molar-refractivity contribution >= 4 is 21.4 Å². The molecule has 0 aliphatic rings. The minimum Gasteiger partial charge on any atom is -0.348 e. The largest absolute Gasteiger partial charge is 0.348 e. The zero-order chi connectivity index (χ0) is 19.6. The average molecular weight is 380 g/mol. The molecule has 0 aliphatic heterocycles. The first-order valence-electron chi connectivity index (χ1n) is 7.78. The van der Waals surface area contributed by atoms with Gasteiger partial charge in [0.25, 0.3) is 0 Å². The minimum absolute atomic E-state index is 0.0952. The molecule has 1 aromatic heterocycles. The third-order valence-electron chi connectivity index (χ3n) is 4.00. The molecule has 0 spiro atoms. The van der Waals surface area contributed by atoms with Crippen LogP contribution in [0.1, 0.15) is 29.9 Å². The third-order valence-corrected chi connectivity index (χ3v) is 5.13. The Morgan fingerprint density at radius 1 is 1.31 bits per heavy atom. The Balaban J connectivity index is 2.08. The SMILES string of the molecule is Cc1nn(CC(=O)NC(C)c2ccc(S(C)(=O)=O)cc2)c(C)c1[N+](=O)[O-]. The molecule has 1 atom stereocenters. The van der Waals surface area contributed by atoms with Gasteiger partial charge in [0.05, 0.1) is 15.9 Å². The molecule has 1 amide bonds. The van der Waals surface area contributed by atoms with Crippen molar-refractivity contribution in [1.29, 1.82) is 0 Å². The van der Waals surface area contributed by atoms with Crippen LogP contribution in [-0.4, -0.2) is 35.3 Å². The van der Waals surface area contributed by atoms with Crippen LogP contribution in [0.15, 0.2) is 29.2 Å². The van der Waals surface area contributed by atoms with Gasteiger partial charge in [-0.05, 0) is 38.5 Å². The molecule has 1 aromatic carbocycles. The summed E-state index contributed by atoms with van der Waals surface area (Å²) in [6.07, 6.45) is 1.13. The number of rotatable bonds is 6. The summed E-state index contributed by atoms with van der Waals surface area (Å²) in [5.74, 6) is -0.356. The van der Waals surface area contributed by atoms with E-state index in [0.717, 1.165) is 11.8 Å². The van der Waals surface area contributed by atoms with Crippen LogP contribution in [-0.2, 0) is 21.2 Å². The van der Waals surface area contributed by atoms with E-state index >= 15 is 0 Å². The van der Waals surface area contributed by atoms with Crippen molar-refractivity contribution in [2.45, 2.75) is 38.3 Å². The van der Waals surface area contributed by atoms with Gasteiger partial charge in [-0.25, -0.2) is 8.42 Å². The maximum Gasteiger partial charge on any atom is 0.312 e. The summed E-state index contributed by atoms with van der Waals surface area (Å²) in [4.78, 5) is 22.9. The van der Waals surface area contributed by atoms with E-state index in [-0.39, 0.29) is 34.8 Å². The first kappa shape index (κ1) is 19.6. The van der Waals surface area contributed by atoms with Gasteiger partial charge in [-0.15, -0.1) is 0 Å². The van der Waals surface area contributed by atoms with Crippen LogP contribution in [0.2, 0.25) is 0 Å². The topological polar surface area (TPSA) is 124 Å². The molecule has 0 saturated heterocycles. The number of nitrogens with one attached hydrogen (secondary N) is 1. The first-order chi connectivity index (χ1) is 12.0. The Morgan fingerprint density at radius 3 is 2.35 bits per heavy atom. The zero-order valence-corrected chi connectivity index (χ0v) is 15.7. The van der Waals surface area contributed by atoms with Crippen LogP contribution in [0.5, 0.6) is 0 Å². The summed E-state index contributed by atoms with van der Waals surface area (Å²) >= 11 is 0. The van der Waals surface area contributed by atoms with Gasteiger partial charge in [0, 0.05) is 6.26 Å². The van der Waals surface area contributed by atoms with Crippen molar-refractivity contribution < 1.29 is 18.1 Å². The van der Waals surface area contributed by atoms with Crippen molar-refractivity contribution in [3.63, 3.8) is 0 Å². The fraction of sp³-hybridized carbons (Fsp3) is 0.375. The number of nitro groups is 1. The van der Waals surface area contributed by atoms with Crippen LogP contribution < -0.4 is 5.32 Å². The first-order valence-corrected chi connectivity index (χ1v) is 9.67. The number of amides is 1. The molecule has 0 radical (unpaired) electrons. The lowest BCUT2D eigenvalue weighted by molar-refractivity contribution is -0.386. The van der Waals surface area contributed by atoms with Gasteiger partial charge in [-0.1, -0.05) is 12.1 Å². The minimum atomic E-state index is -3.28. The van der Waals surface area contributed by atoms with E-state index in [1.165, 1.54) is 23.7 Å². The number of aryl methyl sites for hydroxylation is 1. The predicted octanol–water partition coefficient (Wildman–Crippen LogP) is 1.69. The van der Waals surface area contributed by atoms with E-state index in [2.05, 4.69) is 10.4 Å². The summed E-state index contributed by atoms with van der Waals surface area (Å²) in [6, 6.07) is 5.88. The van der Waals surface area contributed by atoms with E-state index in [9.17, 15) is 23.3 Å². The number of carbonyl (C=O) groups is 1. The van der Waals surface area contributed by atoms with Crippen LogP contribution in [0.3, 0.4) is 0 Å².